The second-order valence-corrected chi connectivity index (χ2v) is 2.85. The van der Waals surface area contributed by atoms with Crippen LogP contribution >= 0.6 is 0 Å². The summed E-state index contributed by atoms with van der Waals surface area (Å²) in [5.41, 5.74) is 0.472. The minimum Gasteiger partial charge on any atom is -0.465 e. The van der Waals surface area contributed by atoms with Crippen molar-refractivity contribution in [1.29, 1.82) is 0 Å². The molecule has 4 nitrogen and oxygen atoms in total. The van der Waals surface area contributed by atoms with E-state index in [2.05, 4.69) is 9.47 Å². The fourth-order valence-electron chi connectivity index (χ4n) is 0.987. The fraction of sp³-hybridized carbons (Fsp3) is 0.455. The zero-order chi connectivity index (χ0) is 11.8. The van der Waals surface area contributed by atoms with E-state index in [9.17, 15) is 9.59 Å². The third kappa shape index (κ3) is 3.97. The van der Waals surface area contributed by atoms with Crippen LogP contribution in [0.2, 0.25) is 0 Å². The minimum absolute atomic E-state index is 0.0651. The van der Waals surface area contributed by atoms with Crippen LogP contribution < -0.4 is 0 Å². The number of hydrogen-bond donors (Lipinski definition) is 0. The molecule has 15 heavy (non-hydrogen) atoms. The van der Waals surface area contributed by atoms with E-state index >= 15 is 0 Å². The van der Waals surface area contributed by atoms with Crippen molar-refractivity contribution < 1.29 is 19.1 Å². The number of methoxy groups -OCH3 is 2. The maximum Gasteiger partial charge on any atom is 0.345 e. The molecule has 0 aromatic carbocycles. The number of allylic oxidation sites excluding steroid dienone is 3. The van der Waals surface area contributed by atoms with Crippen LogP contribution in [0.1, 0.15) is 20.3 Å². The van der Waals surface area contributed by atoms with Gasteiger partial charge in [0.1, 0.15) is 5.57 Å². The molecule has 0 saturated carbocycles. The van der Waals surface area contributed by atoms with E-state index in [0.29, 0.717) is 5.57 Å². The van der Waals surface area contributed by atoms with Crippen LogP contribution in [0.5, 0.6) is 0 Å². The lowest BCUT2D eigenvalue weighted by Gasteiger charge is -2.05. The molecular formula is C11H16O4. The van der Waals surface area contributed by atoms with E-state index in [1.807, 2.05) is 13.0 Å². The molecule has 0 unspecified atom stereocenters. The van der Waals surface area contributed by atoms with Crippen LogP contribution in [0.3, 0.4) is 0 Å². The molecule has 0 aliphatic heterocycles. The van der Waals surface area contributed by atoms with Gasteiger partial charge in [-0.05, 0) is 18.9 Å². The lowest BCUT2D eigenvalue weighted by molar-refractivity contribution is -0.144. The largest absolute Gasteiger partial charge is 0.465 e. The van der Waals surface area contributed by atoms with Gasteiger partial charge in [0.05, 0.1) is 14.2 Å². The first kappa shape index (κ1) is 13.4. The molecule has 0 rings (SSSR count). The first-order chi connectivity index (χ1) is 7.08. The smallest absolute Gasteiger partial charge is 0.345 e. The van der Waals surface area contributed by atoms with Crippen LogP contribution in [-0.4, -0.2) is 26.2 Å². The van der Waals surface area contributed by atoms with Crippen molar-refractivity contribution in [3.63, 3.8) is 0 Å². The summed E-state index contributed by atoms with van der Waals surface area (Å²) < 4.78 is 9.01. The topological polar surface area (TPSA) is 52.6 Å². The van der Waals surface area contributed by atoms with Gasteiger partial charge in [0, 0.05) is 0 Å². The molecule has 84 valence electrons. The monoisotopic (exact) mass is 212 g/mol. The summed E-state index contributed by atoms with van der Waals surface area (Å²) in [4.78, 5) is 22.6. The van der Waals surface area contributed by atoms with Crippen molar-refractivity contribution >= 4 is 11.9 Å². The van der Waals surface area contributed by atoms with Crippen molar-refractivity contribution in [3.05, 3.63) is 23.3 Å². The van der Waals surface area contributed by atoms with Crippen molar-refractivity contribution in [2.24, 2.45) is 0 Å². The quantitative estimate of drug-likeness (QED) is 0.233. The minimum atomic E-state index is -0.680. The standard InChI is InChI=1S/C11H16O4/c1-5-6-7-8(2)9(10(12)14-3)11(13)15-4/h6-7H,5H2,1-4H3/b7-6+. The van der Waals surface area contributed by atoms with Gasteiger partial charge in [-0.25, -0.2) is 9.59 Å². The molecule has 0 fully saturated rings. The molecule has 0 atom stereocenters. The molecule has 4 heteroatoms. The Bertz CT molecular complexity index is 282. The zero-order valence-corrected chi connectivity index (χ0v) is 9.49. The first-order valence-corrected chi connectivity index (χ1v) is 4.62. The van der Waals surface area contributed by atoms with E-state index in [-0.39, 0.29) is 5.57 Å². The van der Waals surface area contributed by atoms with Crippen LogP contribution in [0.25, 0.3) is 0 Å². The van der Waals surface area contributed by atoms with Crippen LogP contribution in [0.15, 0.2) is 23.3 Å². The van der Waals surface area contributed by atoms with Gasteiger partial charge in [-0.1, -0.05) is 19.1 Å². The van der Waals surface area contributed by atoms with Gasteiger partial charge in [-0.15, -0.1) is 0 Å². The fourth-order valence-corrected chi connectivity index (χ4v) is 0.987. The van der Waals surface area contributed by atoms with Crippen LogP contribution in [0, 0.1) is 0 Å². The lowest BCUT2D eigenvalue weighted by atomic mass is 10.1. The van der Waals surface area contributed by atoms with Crippen molar-refractivity contribution in [2.45, 2.75) is 20.3 Å². The Kier molecular flexibility index (Phi) is 6.09. The molecule has 0 saturated heterocycles. The summed E-state index contributed by atoms with van der Waals surface area (Å²) >= 11 is 0. The second-order valence-electron chi connectivity index (χ2n) is 2.85. The molecule has 0 aliphatic carbocycles. The average molecular weight is 212 g/mol. The highest BCUT2D eigenvalue weighted by Crippen LogP contribution is 2.10. The lowest BCUT2D eigenvalue weighted by Crippen LogP contribution is -2.17. The van der Waals surface area contributed by atoms with E-state index in [1.165, 1.54) is 14.2 Å². The predicted molar refractivity (Wildman–Crippen MR) is 56.2 cm³/mol. The Morgan fingerprint density at radius 3 is 1.93 bits per heavy atom. The molecule has 0 N–H and O–H groups in total. The van der Waals surface area contributed by atoms with Crippen molar-refractivity contribution in [1.82, 2.24) is 0 Å². The summed E-state index contributed by atoms with van der Waals surface area (Å²) in [5.74, 6) is -1.36. The summed E-state index contributed by atoms with van der Waals surface area (Å²) in [6.07, 6.45) is 4.37. The number of carbonyl (C=O) groups is 2. The predicted octanol–water partition coefficient (Wildman–Crippen LogP) is 1.62. The maximum absolute atomic E-state index is 11.3. The summed E-state index contributed by atoms with van der Waals surface area (Å²) in [7, 11) is 2.45. The Balaban J connectivity index is 5.15. The SMILES string of the molecule is CC/C=C/C(C)=C(C(=O)OC)C(=O)OC. The molecule has 0 radical (unpaired) electrons. The van der Waals surface area contributed by atoms with Gasteiger partial charge < -0.3 is 9.47 Å². The Labute approximate surface area is 89.6 Å². The summed E-state index contributed by atoms with van der Waals surface area (Å²) in [6, 6.07) is 0. The molecule has 0 aromatic rings. The molecule has 0 bridgehead atoms. The van der Waals surface area contributed by atoms with Crippen LogP contribution in [0.4, 0.5) is 0 Å². The number of carbonyl (C=O) groups excluding carboxylic acids is 2. The highest BCUT2D eigenvalue weighted by Gasteiger charge is 2.21. The van der Waals surface area contributed by atoms with Crippen molar-refractivity contribution in [2.75, 3.05) is 14.2 Å². The maximum atomic E-state index is 11.3. The van der Waals surface area contributed by atoms with Gasteiger partial charge in [0.25, 0.3) is 0 Å². The Hall–Kier alpha value is -1.58. The van der Waals surface area contributed by atoms with Gasteiger partial charge >= 0.3 is 11.9 Å². The van der Waals surface area contributed by atoms with E-state index in [1.54, 1.807) is 13.0 Å². The average Bonchev–Trinajstić information content (AvgIpc) is 2.25. The molecule has 0 aromatic heterocycles. The molecule has 0 aliphatic rings. The number of rotatable bonds is 4. The first-order valence-electron chi connectivity index (χ1n) is 4.62. The number of hydrogen-bond acceptors (Lipinski definition) is 4. The Morgan fingerprint density at radius 1 is 1.13 bits per heavy atom. The molecule has 0 spiro atoms. The van der Waals surface area contributed by atoms with Crippen molar-refractivity contribution in [3.8, 4) is 0 Å². The second kappa shape index (κ2) is 6.81. The van der Waals surface area contributed by atoms with Gasteiger partial charge in [-0.2, -0.15) is 0 Å². The third-order valence-corrected chi connectivity index (χ3v) is 1.78. The Morgan fingerprint density at radius 2 is 1.60 bits per heavy atom. The number of ether oxygens (including phenoxy) is 2. The van der Waals surface area contributed by atoms with Gasteiger partial charge in [0.2, 0.25) is 0 Å². The number of esters is 2. The molecule has 0 amide bonds. The van der Waals surface area contributed by atoms with E-state index < -0.39 is 11.9 Å². The van der Waals surface area contributed by atoms with E-state index in [4.69, 9.17) is 0 Å². The normalized spacial score (nSPS) is 9.87. The highest BCUT2D eigenvalue weighted by atomic mass is 16.5. The summed E-state index contributed by atoms with van der Waals surface area (Å²) in [5, 5.41) is 0. The van der Waals surface area contributed by atoms with Gasteiger partial charge in [0.15, 0.2) is 0 Å². The van der Waals surface area contributed by atoms with Crippen LogP contribution in [-0.2, 0) is 19.1 Å². The molecular weight excluding hydrogens is 196 g/mol. The summed E-state index contributed by atoms with van der Waals surface area (Å²) in [6.45, 7) is 3.62. The highest BCUT2D eigenvalue weighted by molar-refractivity contribution is 6.15. The third-order valence-electron chi connectivity index (χ3n) is 1.78. The zero-order valence-electron chi connectivity index (χ0n) is 9.49. The van der Waals surface area contributed by atoms with E-state index in [0.717, 1.165) is 6.42 Å². The molecule has 0 heterocycles. The van der Waals surface area contributed by atoms with Gasteiger partial charge in [-0.3, -0.25) is 0 Å².